The van der Waals surface area contributed by atoms with Crippen molar-refractivity contribution in [2.75, 3.05) is 18.5 Å². The lowest BCUT2D eigenvalue weighted by Crippen LogP contribution is -2.20. The zero-order valence-electron chi connectivity index (χ0n) is 12.3. The monoisotopic (exact) mass is 363 g/mol. The number of anilines is 1. The second-order valence-corrected chi connectivity index (χ2v) is 5.58. The van der Waals surface area contributed by atoms with Gasteiger partial charge in [-0.15, -0.1) is 0 Å². The van der Waals surface area contributed by atoms with Crippen molar-refractivity contribution in [3.8, 4) is 11.5 Å². The Morgan fingerprint density at radius 3 is 2.45 bits per heavy atom. The molecule has 116 valence electrons. The molecule has 2 rings (SSSR count). The smallest absolute Gasteiger partial charge is 0.262 e. The summed E-state index contributed by atoms with van der Waals surface area (Å²) in [6, 6.07) is 14.7. The van der Waals surface area contributed by atoms with Crippen LogP contribution in [0.1, 0.15) is 13.3 Å². The van der Waals surface area contributed by atoms with Gasteiger partial charge in [0, 0.05) is 16.2 Å². The fourth-order valence-corrected chi connectivity index (χ4v) is 2.02. The van der Waals surface area contributed by atoms with Gasteiger partial charge in [-0.05, 0) is 42.8 Å². The zero-order valence-corrected chi connectivity index (χ0v) is 13.9. The van der Waals surface area contributed by atoms with E-state index in [-0.39, 0.29) is 12.5 Å². The summed E-state index contributed by atoms with van der Waals surface area (Å²) < 4.78 is 12.0. The van der Waals surface area contributed by atoms with Gasteiger partial charge in [0.1, 0.15) is 11.5 Å². The van der Waals surface area contributed by atoms with Gasteiger partial charge in [0.2, 0.25) is 0 Å². The second kappa shape index (κ2) is 8.44. The highest BCUT2D eigenvalue weighted by Crippen LogP contribution is 2.19. The van der Waals surface area contributed by atoms with Crippen LogP contribution in [0, 0.1) is 0 Å². The lowest BCUT2D eigenvalue weighted by atomic mass is 10.3. The predicted molar refractivity (Wildman–Crippen MR) is 90.5 cm³/mol. The number of rotatable bonds is 7. The fourth-order valence-electron chi connectivity index (χ4n) is 1.75. The Labute approximate surface area is 138 Å². The summed E-state index contributed by atoms with van der Waals surface area (Å²) in [6.07, 6.45) is 0.945. The minimum Gasteiger partial charge on any atom is -0.493 e. The Bertz CT molecular complexity index is 614. The topological polar surface area (TPSA) is 47.6 Å². The zero-order chi connectivity index (χ0) is 15.8. The van der Waals surface area contributed by atoms with Gasteiger partial charge in [-0.25, -0.2) is 0 Å². The molecule has 2 aromatic carbocycles. The van der Waals surface area contributed by atoms with Crippen molar-refractivity contribution in [2.45, 2.75) is 13.3 Å². The maximum atomic E-state index is 11.8. The van der Waals surface area contributed by atoms with Crippen LogP contribution in [0.25, 0.3) is 0 Å². The molecule has 0 radical (unpaired) electrons. The van der Waals surface area contributed by atoms with E-state index in [1.165, 1.54) is 0 Å². The summed E-state index contributed by atoms with van der Waals surface area (Å²) in [7, 11) is 0. The SMILES string of the molecule is CCCOc1cccc(OCC(=O)Nc2ccc(Br)cc2)c1. The molecule has 0 unspecified atom stereocenters. The van der Waals surface area contributed by atoms with Crippen LogP contribution in [-0.4, -0.2) is 19.1 Å². The van der Waals surface area contributed by atoms with Crippen molar-refractivity contribution in [2.24, 2.45) is 0 Å². The number of hydrogen-bond donors (Lipinski definition) is 1. The number of amides is 1. The van der Waals surface area contributed by atoms with Gasteiger partial charge in [0.05, 0.1) is 6.61 Å². The molecule has 0 heterocycles. The van der Waals surface area contributed by atoms with Gasteiger partial charge in [-0.3, -0.25) is 4.79 Å². The molecule has 0 aliphatic rings. The van der Waals surface area contributed by atoms with E-state index in [4.69, 9.17) is 9.47 Å². The number of ether oxygens (including phenoxy) is 2. The summed E-state index contributed by atoms with van der Waals surface area (Å²) in [5.74, 6) is 1.15. The molecule has 0 aromatic heterocycles. The number of hydrogen-bond acceptors (Lipinski definition) is 3. The lowest BCUT2D eigenvalue weighted by Gasteiger charge is -2.09. The first-order chi connectivity index (χ1) is 10.7. The molecule has 0 saturated carbocycles. The molecule has 2 aromatic rings. The fraction of sp³-hybridized carbons (Fsp3) is 0.235. The molecule has 0 spiro atoms. The normalized spacial score (nSPS) is 10.1. The first-order valence-corrected chi connectivity index (χ1v) is 7.88. The van der Waals surface area contributed by atoms with Gasteiger partial charge in [0.25, 0.3) is 5.91 Å². The van der Waals surface area contributed by atoms with Gasteiger partial charge in [-0.1, -0.05) is 28.9 Å². The van der Waals surface area contributed by atoms with Gasteiger partial charge in [-0.2, -0.15) is 0 Å². The highest BCUT2D eigenvalue weighted by molar-refractivity contribution is 9.10. The third-order valence-electron chi connectivity index (χ3n) is 2.78. The van der Waals surface area contributed by atoms with Crippen LogP contribution in [0.4, 0.5) is 5.69 Å². The molecular weight excluding hydrogens is 346 g/mol. The summed E-state index contributed by atoms with van der Waals surface area (Å²) in [4.78, 5) is 11.8. The maximum absolute atomic E-state index is 11.8. The summed E-state index contributed by atoms with van der Waals surface area (Å²) >= 11 is 3.35. The van der Waals surface area contributed by atoms with Crippen molar-refractivity contribution in [3.05, 3.63) is 53.0 Å². The molecule has 0 atom stereocenters. The molecule has 22 heavy (non-hydrogen) atoms. The first-order valence-electron chi connectivity index (χ1n) is 7.08. The molecule has 0 fully saturated rings. The van der Waals surface area contributed by atoms with Gasteiger partial charge < -0.3 is 14.8 Å². The molecular formula is C17H18BrNO3. The van der Waals surface area contributed by atoms with E-state index < -0.39 is 0 Å². The van der Waals surface area contributed by atoms with E-state index in [1.807, 2.05) is 43.3 Å². The van der Waals surface area contributed by atoms with Crippen molar-refractivity contribution < 1.29 is 14.3 Å². The lowest BCUT2D eigenvalue weighted by molar-refractivity contribution is -0.118. The third kappa shape index (κ3) is 5.41. The van der Waals surface area contributed by atoms with E-state index in [2.05, 4.69) is 21.2 Å². The maximum Gasteiger partial charge on any atom is 0.262 e. The standard InChI is InChI=1S/C17H18BrNO3/c1-2-10-21-15-4-3-5-16(11-15)22-12-17(20)19-14-8-6-13(18)7-9-14/h3-9,11H,2,10,12H2,1H3,(H,19,20). The average Bonchev–Trinajstić information content (AvgIpc) is 2.53. The van der Waals surface area contributed by atoms with E-state index in [1.54, 1.807) is 12.1 Å². The largest absolute Gasteiger partial charge is 0.493 e. The Morgan fingerprint density at radius 2 is 1.77 bits per heavy atom. The first kappa shape index (κ1) is 16.4. The van der Waals surface area contributed by atoms with Crippen LogP contribution >= 0.6 is 15.9 Å². The van der Waals surface area contributed by atoms with E-state index in [0.29, 0.717) is 12.4 Å². The molecule has 1 N–H and O–H groups in total. The average molecular weight is 364 g/mol. The quantitative estimate of drug-likeness (QED) is 0.799. The summed E-state index contributed by atoms with van der Waals surface area (Å²) in [5, 5.41) is 2.77. The Balaban J connectivity index is 1.84. The molecule has 0 aliphatic carbocycles. The van der Waals surface area contributed by atoms with E-state index in [0.717, 1.165) is 22.3 Å². The second-order valence-electron chi connectivity index (χ2n) is 4.67. The molecule has 4 nitrogen and oxygen atoms in total. The number of carbonyl (C=O) groups excluding carboxylic acids is 1. The van der Waals surface area contributed by atoms with Crippen LogP contribution in [0.2, 0.25) is 0 Å². The molecule has 5 heteroatoms. The van der Waals surface area contributed by atoms with Crippen LogP contribution in [0.15, 0.2) is 53.0 Å². The van der Waals surface area contributed by atoms with E-state index in [9.17, 15) is 4.79 Å². The number of nitrogens with one attached hydrogen (secondary N) is 1. The highest BCUT2D eigenvalue weighted by atomic mass is 79.9. The van der Waals surface area contributed by atoms with Gasteiger partial charge in [0.15, 0.2) is 6.61 Å². The molecule has 1 amide bonds. The van der Waals surface area contributed by atoms with Crippen molar-refractivity contribution >= 4 is 27.5 Å². The summed E-state index contributed by atoms with van der Waals surface area (Å²) in [6.45, 7) is 2.66. The third-order valence-corrected chi connectivity index (χ3v) is 3.30. The van der Waals surface area contributed by atoms with Gasteiger partial charge >= 0.3 is 0 Å². The van der Waals surface area contributed by atoms with Crippen LogP contribution in [0.3, 0.4) is 0 Å². The minimum absolute atomic E-state index is 0.0483. The number of carbonyl (C=O) groups is 1. The predicted octanol–water partition coefficient (Wildman–Crippen LogP) is 4.26. The van der Waals surface area contributed by atoms with E-state index >= 15 is 0 Å². The van der Waals surface area contributed by atoms with Crippen LogP contribution < -0.4 is 14.8 Å². The number of halogens is 1. The van der Waals surface area contributed by atoms with Crippen LogP contribution in [0.5, 0.6) is 11.5 Å². The highest BCUT2D eigenvalue weighted by Gasteiger charge is 2.04. The minimum atomic E-state index is -0.206. The molecule has 0 aliphatic heterocycles. The molecule has 0 bridgehead atoms. The van der Waals surface area contributed by atoms with Crippen molar-refractivity contribution in [3.63, 3.8) is 0 Å². The molecule has 0 saturated heterocycles. The Kier molecular flexibility index (Phi) is 6.27. The summed E-state index contributed by atoms with van der Waals surface area (Å²) in [5.41, 5.74) is 0.733. The number of benzene rings is 2. The Hall–Kier alpha value is -2.01. The van der Waals surface area contributed by atoms with Crippen molar-refractivity contribution in [1.29, 1.82) is 0 Å². The van der Waals surface area contributed by atoms with Crippen molar-refractivity contribution in [1.82, 2.24) is 0 Å². The van der Waals surface area contributed by atoms with Crippen LogP contribution in [-0.2, 0) is 4.79 Å². The Morgan fingerprint density at radius 1 is 1.09 bits per heavy atom.